The Labute approximate surface area is 122 Å². The number of nitrogens with zero attached hydrogens (tertiary/aromatic N) is 1. The molecule has 0 aliphatic carbocycles. The van der Waals surface area contributed by atoms with Gasteiger partial charge in [-0.1, -0.05) is 52.3 Å². The van der Waals surface area contributed by atoms with Crippen molar-refractivity contribution in [2.75, 3.05) is 11.9 Å². The van der Waals surface area contributed by atoms with Crippen LogP contribution in [0.4, 0.5) is 5.69 Å². The van der Waals surface area contributed by atoms with Gasteiger partial charge in [0, 0.05) is 23.3 Å². The van der Waals surface area contributed by atoms with E-state index in [1.165, 1.54) is 22.3 Å². The van der Waals surface area contributed by atoms with Crippen molar-refractivity contribution in [3.63, 3.8) is 0 Å². The number of nitrogens with one attached hydrogen (secondary N) is 1. The minimum atomic E-state index is 0.112. The van der Waals surface area contributed by atoms with Gasteiger partial charge in [0.2, 0.25) is 0 Å². The Morgan fingerprint density at radius 2 is 1.90 bits per heavy atom. The number of aromatic nitrogens is 1. The van der Waals surface area contributed by atoms with E-state index < -0.39 is 0 Å². The minimum absolute atomic E-state index is 0.112. The molecule has 0 aliphatic heterocycles. The maximum atomic E-state index is 4.93. The van der Waals surface area contributed by atoms with Gasteiger partial charge in [0.15, 0.2) is 0 Å². The highest BCUT2D eigenvalue weighted by Gasteiger charge is 2.19. The highest BCUT2D eigenvalue weighted by molar-refractivity contribution is 5.94. The summed E-state index contributed by atoms with van der Waals surface area (Å²) in [5.41, 5.74) is 4.99. The van der Waals surface area contributed by atoms with Gasteiger partial charge in [-0.3, -0.25) is 4.98 Å². The molecule has 2 nitrogen and oxygen atoms in total. The van der Waals surface area contributed by atoms with Gasteiger partial charge in [-0.25, -0.2) is 0 Å². The van der Waals surface area contributed by atoms with Crippen LogP contribution in [0.15, 0.2) is 24.3 Å². The smallest absolute Gasteiger partial charge is 0.0763 e. The second kappa shape index (κ2) is 5.82. The molecule has 0 unspecified atom stereocenters. The Bertz CT molecular complexity index is 594. The third kappa shape index (κ3) is 2.95. The van der Waals surface area contributed by atoms with Crippen molar-refractivity contribution in [1.82, 2.24) is 4.98 Å². The van der Waals surface area contributed by atoms with Gasteiger partial charge in [-0.15, -0.1) is 0 Å². The molecule has 1 N–H and O–H groups in total. The zero-order valence-electron chi connectivity index (χ0n) is 13.4. The van der Waals surface area contributed by atoms with Crippen LogP contribution in [0, 0.1) is 0 Å². The van der Waals surface area contributed by atoms with Crippen LogP contribution in [0.3, 0.4) is 0 Å². The Kier molecular flexibility index (Phi) is 4.32. The Hall–Kier alpha value is -1.57. The van der Waals surface area contributed by atoms with Gasteiger partial charge in [0.1, 0.15) is 0 Å². The average molecular weight is 270 g/mol. The van der Waals surface area contributed by atoms with E-state index in [0.717, 1.165) is 24.9 Å². The molecule has 1 aromatic carbocycles. The summed E-state index contributed by atoms with van der Waals surface area (Å²) in [7, 11) is 0. The maximum Gasteiger partial charge on any atom is 0.0763 e. The monoisotopic (exact) mass is 270 g/mol. The van der Waals surface area contributed by atoms with Crippen LogP contribution in [-0.4, -0.2) is 11.5 Å². The van der Waals surface area contributed by atoms with Crippen molar-refractivity contribution in [2.45, 2.75) is 52.9 Å². The molecule has 0 radical (unpaired) electrons. The van der Waals surface area contributed by atoms with E-state index in [1.54, 1.807) is 0 Å². The summed E-state index contributed by atoms with van der Waals surface area (Å²) in [5.74, 6) is 0. The van der Waals surface area contributed by atoms with Gasteiger partial charge in [-0.05, 0) is 30.4 Å². The molecule has 20 heavy (non-hydrogen) atoms. The first kappa shape index (κ1) is 14.8. The molecule has 2 rings (SSSR count). The van der Waals surface area contributed by atoms with E-state index in [4.69, 9.17) is 4.98 Å². The SMILES string of the molecule is CCCc1cc(NCC)c2cccc(C(C)(C)C)c2n1. The number of para-hydroxylation sites is 1. The second-order valence-electron chi connectivity index (χ2n) is 6.39. The lowest BCUT2D eigenvalue weighted by molar-refractivity contribution is 0.594. The first-order valence-electron chi connectivity index (χ1n) is 7.64. The van der Waals surface area contributed by atoms with Crippen LogP contribution < -0.4 is 5.32 Å². The third-order valence-corrected chi connectivity index (χ3v) is 3.57. The standard InChI is InChI=1S/C18H26N2/c1-6-9-13-12-16(19-7-2)14-10-8-11-15(17(14)20-13)18(3,4)5/h8,10-12H,6-7,9H2,1-5H3,(H,19,20). The number of hydrogen-bond donors (Lipinski definition) is 1. The molecular formula is C18H26N2. The minimum Gasteiger partial charge on any atom is -0.385 e. The highest BCUT2D eigenvalue weighted by Crippen LogP contribution is 2.32. The Morgan fingerprint density at radius 1 is 1.15 bits per heavy atom. The summed E-state index contributed by atoms with van der Waals surface area (Å²) < 4.78 is 0. The average Bonchev–Trinajstić information content (AvgIpc) is 2.37. The van der Waals surface area contributed by atoms with E-state index in [-0.39, 0.29) is 5.41 Å². The van der Waals surface area contributed by atoms with Gasteiger partial charge in [-0.2, -0.15) is 0 Å². The Balaban J connectivity index is 2.72. The van der Waals surface area contributed by atoms with Gasteiger partial charge < -0.3 is 5.32 Å². The quantitative estimate of drug-likeness (QED) is 0.853. The second-order valence-corrected chi connectivity index (χ2v) is 6.39. The molecule has 0 aliphatic rings. The van der Waals surface area contributed by atoms with Crippen molar-refractivity contribution in [3.05, 3.63) is 35.5 Å². The zero-order valence-corrected chi connectivity index (χ0v) is 13.4. The van der Waals surface area contributed by atoms with Crippen molar-refractivity contribution in [3.8, 4) is 0 Å². The largest absolute Gasteiger partial charge is 0.385 e. The van der Waals surface area contributed by atoms with Crippen molar-refractivity contribution in [2.24, 2.45) is 0 Å². The lowest BCUT2D eigenvalue weighted by Crippen LogP contribution is -2.13. The van der Waals surface area contributed by atoms with E-state index in [0.29, 0.717) is 0 Å². The van der Waals surface area contributed by atoms with Crippen LogP contribution in [0.1, 0.15) is 52.3 Å². The zero-order chi connectivity index (χ0) is 14.8. The van der Waals surface area contributed by atoms with Gasteiger partial charge in [0.05, 0.1) is 5.52 Å². The molecule has 2 aromatic rings. The molecule has 2 heteroatoms. The Morgan fingerprint density at radius 3 is 2.50 bits per heavy atom. The van der Waals surface area contributed by atoms with Gasteiger partial charge in [0.25, 0.3) is 0 Å². The first-order chi connectivity index (χ1) is 9.47. The molecule has 0 amide bonds. The fraction of sp³-hybridized carbons (Fsp3) is 0.500. The number of benzene rings is 1. The number of rotatable bonds is 4. The fourth-order valence-corrected chi connectivity index (χ4v) is 2.63. The van der Waals surface area contributed by atoms with Crippen molar-refractivity contribution < 1.29 is 0 Å². The normalized spacial score (nSPS) is 11.8. The molecule has 0 fully saturated rings. The third-order valence-electron chi connectivity index (χ3n) is 3.57. The van der Waals surface area contributed by atoms with E-state index in [1.807, 2.05) is 0 Å². The van der Waals surface area contributed by atoms with Gasteiger partial charge >= 0.3 is 0 Å². The van der Waals surface area contributed by atoms with Crippen LogP contribution in [0.25, 0.3) is 10.9 Å². The molecule has 0 saturated carbocycles. The number of fused-ring (bicyclic) bond motifs is 1. The van der Waals surface area contributed by atoms with E-state index in [2.05, 4.69) is 64.2 Å². The first-order valence-corrected chi connectivity index (χ1v) is 7.64. The summed E-state index contributed by atoms with van der Waals surface area (Å²) in [4.78, 5) is 4.93. The predicted molar refractivity (Wildman–Crippen MR) is 88.6 cm³/mol. The number of anilines is 1. The number of pyridine rings is 1. The topological polar surface area (TPSA) is 24.9 Å². The predicted octanol–water partition coefficient (Wildman–Crippen LogP) is 4.92. The summed E-state index contributed by atoms with van der Waals surface area (Å²) in [5, 5.41) is 4.72. The van der Waals surface area contributed by atoms with Crippen LogP contribution in [0.2, 0.25) is 0 Å². The van der Waals surface area contributed by atoms with Crippen molar-refractivity contribution in [1.29, 1.82) is 0 Å². The number of aryl methyl sites for hydroxylation is 1. The molecule has 0 spiro atoms. The summed E-state index contributed by atoms with van der Waals surface area (Å²) in [6.45, 7) is 12.0. The molecule has 108 valence electrons. The lowest BCUT2D eigenvalue weighted by Gasteiger charge is -2.22. The maximum absolute atomic E-state index is 4.93. The fourth-order valence-electron chi connectivity index (χ4n) is 2.63. The summed E-state index contributed by atoms with van der Waals surface area (Å²) in [6, 6.07) is 8.73. The molecule has 0 saturated heterocycles. The summed E-state index contributed by atoms with van der Waals surface area (Å²) >= 11 is 0. The highest BCUT2D eigenvalue weighted by atomic mass is 14.9. The summed E-state index contributed by atoms with van der Waals surface area (Å²) in [6.07, 6.45) is 2.16. The van der Waals surface area contributed by atoms with Crippen molar-refractivity contribution >= 4 is 16.6 Å². The van der Waals surface area contributed by atoms with Crippen LogP contribution >= 0.6 is 0 Å². The molecular weight excluding hydrogens is 244 g/mol. The molecule has 1 aromatic heterocycles. The molecule has 0 bridgehead atoms. The molecule has 0 atom stereocenters. The molecule has 1 heterocycles. The van der Waals surface area contributed by atoms with E-state index >= 15 is 0 Å². The van der Waals surface area contributed by atoms with Crippen LogP contribution in [0.5, 0.6) is 0 Å². The number of hydrogen-bond acceptors (Lipinski definition) is 2. The lowest BCUT2D eigenvalue weighted by atomic mass is 9.85. The van der Waals surface area contributed by atoms with Crippen LogP contribution in [-0.2, 0) is 11.8 Å². The van der Waals surface area contributed by atoms with E-state index in [9.17, 15) is 0 Å².